The molecule has 0 unspecified atom stereocenters. The smallest absolute Gasteiger partial charge is 0.243 e. The highest BCUT2D eigenvalue weighted by molar-refractivity contribution is 7.89. The molecule has 1 saturated heterocycles. The van der Waals surface area contributed by atoms with Gasteiger partial charge in [0.15, 0.2) is 0 Å². The lowest BCUT2D eigenvalue weighted by atomic mass is 10.2. The van der Waals surface area contributed by atoms with Crippen molar-refractivity contribution in [3.63, 3.8) is 0 Å². The third kappa shape index (κ3) is 5.78. The minimum absolute atomic E-state index is 0.319. The fraction of sp³-hybridized carbons (Fsp3) is 0.320. The molecule has 1 fully saturated rings. The second-order valence-electron chi connectivity index (χ2n) is 8.24. The van der Waals surface area contributed by atoms with E-state index in [0.29, 0.717) is 44.2 Å². The van der Waals surface area contributed by atoms with Crippen molar-refractivity contribution in [2.45, 2.75) is 13.5 Å². The topological polar surface area (TPSA) is 70.2 Å². The van der Waals surface area contributed by atoms with E-state index in [2.05, 4.69) is 11.0 Å². The zero-order valence-electron chi connectivity index (χ0n) is 19.4. The molecule has 0 bridgehead atoms. The van der Waals surface area contributed by atoms with E-state index >= 15 is 0 Å². The molecular weight excluding hydrogens is 470 g/mol. The average Bonchev–Trinajstić information content (AvgIpc) is 3.36. The SMILES string of the molecule is COc1ccc(N(Cc2cccs2)C(=O)CS(=O)(=O)N2CCN(c3cccc(C)c3)CC2)cc1. The molecule has 1 aromatic heterocycles. The van der Waals surface area contributed by atoms with Gasteiger partial charge < -0.3 is 14.5 Å². The van der Waals surface area contributed by atoms with Crippen LogP contribution in [0.25, 0.3) is 0 Å². The van der Waals surface area contributed by atoms with Crippen LogP contribution >= 0.6 is 11.3 Å². The Labute approximate surface area is 205 Å². The number of ether oxygens (including phenoxy) is 1. The molecule has 0 radical (unpaired) electrons. The summed E-state index contributed by atoms with van der Waals surface area (Å²) in [6.45, 7) is 4.26. The Morgan fingerprint density at radius 1 is 1.03 bits per heavy atom. The first kappa shape index (κ1) is 24.3. The molecule has 0 atom stereocenters. The van der Waals surface area contributed by atoms with E-state index in [-0.39, 0.29) is 0 Å². The summed E-state index contributed by atoms with van der Waals surface area (Å²) in [5, 5.41) is 1.94. The van der Waals surface area contributed by atoms with Crippen molar-refractivity contribution < 1.29 is 17.9 Å². The van der Waals surface area contributed by atoms with Gasteiger partial charge in [-0.2, -0.15) is 4.31 Å². The number of thiophene rings is 1. The van der Waals surface area contributed by atoms with Crippen LogP contribution in [0.1, 0.15) is 10.4 Å². The van der Waals surface area contributed by atoms with Crippen molar-refractivity contribution in [2.75, 3.05) is 48.8 Å². The Morgan fingerprint density at radius 2 is 1.76 bits per heavy atom. The monoisotopic (exact) mass is 499 g/mol. The molecule has 3 aromatic rings. The molecule has 34 heavy (non-hydrogen) atoms. The Bertz CT molecular complexity index is 1200. The number of benzene rings is 2. The van der Waals surface area contributed by atoms with Crippen LogP contribution < -0.4 is 14.5 Å². The summed E-state index contributed by atoms with van der Waals surface area (Å²) < 4.78 is 33.0. The second-order valence-corrected chi connectivity index (χ2v) is 11.2. The van der Waals surface area contributed by atoms with Crippen molar-refractivity contribution in [2.24, 2.45) is 0 Å². The van der Waals surface area contributed by atoms with E-state index in [4.69, 9.17) is 4.74 Å². The third-order valence-electron chi connectivity index (χ3n) is 5.88. The molecule has 1 aliphatic heterocycles. The number of carbonyl (C=O) groups excluding carboxylic acids is 1. The van der Waals surface area contributed by atoms with Crippen LogP contribution in [0.5, 0.6) is 5.75 Å². The number of hydrogen-bond acceptors (Lipinski definition) is 6. The number of sulfonamides is 1. The Hall–Kier alpha value is -2.88. The van der Waals surface area contributed by atoms with Crippen LogP contribution in [-0.4, -0.2) is 57.7 Å². The van der Waals surface area contributed by atoms with Crippen molar-refractivity contribution >= 4 is 38.6 Å². The van der Waals surface area contributed by atoms with Crippen molar-refractivity contribution in [3.8, 4) is 5.75 Å². The normalized spacial score (nSPS) is 14.7. The molecule has 4 rings (SSSR count). The van der Waals surface area contributed by atoms with Crippen LogP contribution in [0, 0.1) is 6.92 Å². The molecule has 0 aliphatic carbocycles. The molecule has 2 heterocycles. The molecule has 2 aromatic carbocycles. The van der Waals surface area contributed by atoms with Crippen LogP contribution in [-0.2, 0) is 21.4 Å². The summed E-state index contributed by atoms with van der Waals surface area (Å²) in [6, 6.07) is 19.1. The lowest BCUT2D eigenvalue weighted by molar-refractivity contribution is -0.116. The number of amides is 1. The molecule has 0 N–H and O–H groups in total. The van der Waals surface area contributed by atoms with Crippen molar-refractivity contribution in [3.05, 3.63) is 76.5 Å². The van der Waals surface area contributed by atoms with Gasteiger partial charge in [-0.1, -0.05) is 18.2 Å². The number of rotatable bonds is 8. The number of hydrogen-bond donors (Lipinski definition) is 0. The highest BCUT2D eigenvalue weighted by Gasteiger charge is 2.31. The standard InChI is InChI=1S/C25H29N3O4S2/c1-20-5-3-6-22(17-20)26-12-14-27(15-13-26)34(30,31)19-25(29)28(18-24-7-4-16-33-24)21-8-10-23(32-2)11-9-21/h3-11,16-17H,12-15,18-19H2,1-2H3. The number of piperazine rings is 1. The van der Waals surface area contributed by atoms with E-state index in [9.17, 15) is 13.2 Å². The van der Waals surface area contributed by atoms with Gasteiger partial charge in [-0.05, 0) is 60.3 Å². The zero-order valence-corrected chi connectivity index (χ0v) is 21.0. The van der Waals surface area contributed by atoms with Crippen LogP contribution in [0.2, 0.25) is 0 Å². The Morgan fingerprint density at radius 3 is 2.38 bits per heavy atom. The van der Waals surface area contributed by atoms with E-state index in [0.717, 1.165) is 10.6 Å². The first-order chi connectivity index (χ1) is 16.4. The number of carbonyl (C=O) groups is 1. The average molecular weight is 500 g/mol. The van der Waals surface area contributed by atoms with Gasteiger partial charge in [0.25, 0.3) is 0 Å². The first-order valence-electron chi connectivity index (χ1n) is 11.1. The third-order valence-corrected chi connectivity index (χ3v) is 8.51. The van der Waals surface area contributed by atoms with Crippen LogP contribution in [0.4, 0.5) is 11.4 Å². The van der Waals surface area contributed by atoms with Crippen molar-refractivity contribution in [1.82, 2.24) is 4.31 Å². The van der Waals surface area contributed by atoms with Gasteiger partial charge in [-0.3, -0.25) is 4.79 Å². The number of anilines is 2. The molecule has 9 heteroatoms. The zero-order chi connectivity index (χ0) is 24.1. The van der Waals surface area contributed by atoms with Crippen molar-refractivity contribution in [1.29, 1.82) is 0 Å². The minimum atomic E-state index is -3.75. The van der Waals surface area contributed by atoms with Gasteiger partial charge in [-0.25, -0.2) is 8.42 Å². The summed E-state index contributed by atoms with van der Waals surface area (Å²) >= 11 is 1.53. The van der Waals surface area contributed by atoms with Crippen LogP contribution in [0.3, 0.4) is 0 Å². The van der Waals surface area contributed by atoms with Gasteiger partial charge in [0.1, 0.15) is 11.5 Å². The summed E-state index contributed by atoms with van der Waals surface area (Å²) in [6.07, 6.45) is 0. The van der Waals surface area contributed by atoms with Gasteiger partial charge in [0.2, 0.25) is 15.9 Å². The first-order valence-corrected chi connectivity index (χ1v) is 13.6. The molecule has 0 spiro atoms. The fourth-order valence-electron chi connectivity index (χ4n) is 4.02. The summed E-state index contributed by atoms with van der Waals surface area (Å²) in [5.41, 5.74) is 2.90. The fourth-order valence-corrected chi connectivity index (χ4v) is 6.08. The van der Waals surface area contributed by atoms with Crippen LogP contribution in [0.15, 0.2) is 66.0 Å². The van der Waals surface area contributed by atoms with E-state index in [1.54, 1.807) is 31.4 Å². The summed E-state index contributed by atoms with van der Waals surface area (Å²) in [4.78, 5) is 18.0. The highest BCUT2D eigenvalue weighted by Crippen LogP contribution is 2.24. The van der Waals surface area contributed by atoms with Gasteiger partial charge >= 0.3 is 0 Å². The number of methoxy groups -OCH3 is 1. The molecule has 7 nitrogen and oxygen atoms in total. The molecule has 1 aliphatic rings. The molecule has 180 valence electrons. The Balaban J connectivity index is 1.45. The quantitative estimate of drug-likeness (QED) is 0.472. The maximum Gasteiger partial charge on any atom is 0.243 e. The van der Waals surface area contributed by atoms with Gasteiger partial charge in [0.05, 0.1) is 13.7 Å². The molecule has 1 amide bonds. The number of nitrogens with zero attached hydrogens (tertiary/aromatic N) is 3. The lowest BCUT2D eigenvalue weighted by Gasteiger charge is -2.35. The maximum absolute atomic E-state index is 13.3. The summed E-state index contributed by atoms with van der Waals surface area (Å²) in [5.74, 6) is -0.333. The summed E-state index contributed by atoms with van der Waals surface area (Å²) in [7, 11) is -2.17. The predicted octanol–water partition coefficient (Wildman–Crippen LogP) is 3.75. The van der Waals surface area contributed by atoms with Gasteiger partial charge in [0, 0.05) is 42.4 Å². The van der Waals surface area contributed by atoms with Gasteiger partial charge in [-0.15, -0.1) is 11.3 Å². The molecule has 0 saturated carbocycles. The minimum Gasteiger partial charge on any atom is -0.497 e. The largest absolute Gasteiger partial charge is 0.497 e. The lowest BCUT2D eigenvalue weighted by Crippen LogP contribution is -2.51. The number of aryl methyl sites for hydroxylation is 1. The second kappa shape index (κ2) is 10.6. The van der Waals surface area contributed by atoms with E-state index < -0.39 is 21.7 Å². The predicted molar refractivity (Wildman–Crippen MR) is 137 cm³/mol. The maximum atomic E-state index is 13.3. The molecular formula is C25H29N3O4S2. The van der Waals surface area contributed by atoms with E-state index in [1.165, 1.54) is 26.1 Å². The Kier molecular flexibility index (Phi) is 7.55. The van der Waals surface area contributed by atoms with E-state index in [1.807, 2.05) is 42.6 Å². The highest BCUT2D eigenvalue weighted by atomic mass is 32.2.